The van der Waals surface area contributed by atoms with Crippen LogP contribution in [0.3, 0.4) is 0 Å². The molecule has 122 valence electrons. The highest BCUT2D eigenvalue weighted by Gasteiger charge is 2.33. The predicted molar refractivity (Wildman–Crippen MR) is 80.4 cm³/mol. The van der Waals surface area contributed by atoms with E-state index in [1.807, 2.05) is 7.05 Å². The topological polar surface area (TPSA) is 102 Å². The molecule has 0 saturated carbocycles. The van der Waals surface area contributed by atoms with E-state index in [2.05, 4.69) is 5.32 Å². The lowest BCUT2D eigenvalue weighted by Gasteiger charge is -2.17. The first-order valence-corrected chi connectivity index (χ1v) is 8.31. The second-order valence-electron chi connectivity index (χ2n) is 5.17. The zero-order valence-electron chi connectivity index (χ0n) is 12.5. The van der Waals surface area contributed by atoms with E-state index in [1.165, 1.54) is 23.5 Å². The summed E-state index contributed by atoms with van der Waals surface area (Å²) < 4.78 is 31.5. The highest BCUT2D eigenvalue weighted by molar-refractivity contribution is 7.89. The molecule has 9 heteroatoms. The molecule has 0 bridgehead atoms. The fourth-order valence-corrected chi connectivity index (χ4v) is 4.14. The van der Waals surface area contributed by atoms with Crippen molar-refractivity contribution in [1.29, 1.82) is 0 Å². The lowest BCUT2D eigenvalue weighted by atomic mass is 10.1. The molecule has 1 aromatic carbocycles. The number of rotatable bonds is 6. The second kappa shape index (κ2) is 6.59. The Bertz CT molecular complexity index is 662. The number of benzene rings is 1. The molecule has 1 aliphatic heterocycles. The van der Waals surface area contributed by atoms with Gasteiger partial charge in [-0.25, -0.2) is 8.42 Å². The van der Waals surface area contributed by atoms with E-state index in [9.17, 15) is 18.5 Å². The van der Waals surface area contributed by atoms with Gasteiger partial charge in [0.25, 0.3) is 0 Å². The third-order valence-electron chi connectivity index (χ3n) is 3.73. The molecule has 0 aromatic heterocycles. The molecular weight excluding hydrogens is 310 g/mol. The zero-order valence-corrected chi connectivity index (χ0v) is 13.3. The lowest BCUT2D eigenvalue weighted by molar-refractivity contribution is -0.386. The minimum Gasteiger partial charge on any atom is -0.490 e. The number of hydrogen-bond acceptors (Lipinski definition) is 6. The van der Waals surface area contributed by atoms with E-state index in [-0.39, 0.29) is 22.3 Å². The Morgan fingerprint density at radius 2 is 2.23 bits per heavy atom. The van der Waals surface area contributed by atoms with Crippen LogP contribution in [0.25, 0.3) is 0 Å². The summed E-state index contributed by atoms with van der Waals surface area (Å²) in [6.07, 6.45) is 0.776. The molecule has 0 amide bonds. The zero-order chi connectivity index (χ0) is 16.3. The van der Waals surface area contributed by atoms with Crippen molar-refractivity contribution in [1.82, 2.24) is 9.62 Å². The van der Waals surface area contributed by atoms with Crippen LogP contribution in [0, 0.1) is 16.0 Å². The van der Waals surface area contributed by atoms with Crippen LogP contribution >= 0.6 is 0 Å². The highest BCUT2D eigenvalue weighted by atomic mass is 32.2. The van der Waals surface area contributed by atoms with Crippen LogP contribution in [-0.2, 0) is 10.0 Å². The van der Waals surface area contributed by atoms with Crippen LogP contribution in [0.2, 0.25) is 0 Å². The van der Waals surface area contributed by atoms with Crippen molar-refractivity contribution < 1.29 is 18.1 Å². The van der Waals surface area contributed by atoms with Gasteiger partial charge in [-0.05, 0) is 38.1 Å². The molecule has 1 N–H and O–H groups in total. The van der Waals surface area contributed by atoms with Gasteiger partial charge in [-0.15, -0.1) is 0 Å². The van der Waals surface area contributed by atoms with Crippen molar-refractivity contribution in [2.75, 3.05) is 33.8 Å². The Kier molecular flexibility index (Phi) is 4.99. The van der Waals surface area contributed by atoms with Crippen molar-refractivity contribution >= 4 is 15.7 Å². The fourth-order valence-electron chi connectivity index (χ4n) is 2.59. The van der Waals surface area contributed by atoms with Gasteiger partial charge in [0.15, 0.2) is 5.75 Å². The molecule has 0 radical (unpaired) electrons. The molecule has 0 aliphatic carbocycles. The van der Waals surface area contributed by atoms with Crippen molar-refractivity contribution in [3.05, 3.63) is 28.3 Å². The molecule has 8 nitrogen and oxygen atoms in total. The molecule has 1 heterocycles. The molecule has 2 rings (SSSR count). The number of ether oxygens (including phenoxy) is 1. The molecule has 22 heavy (non-hydrogen) atoms. The van der Waals surface area contributed by atoms with Crippen molar-refractivity contribution in [3.63, 3.8) is 0 Å². The van der Waals surface area contributed by atoms with Crippen molar-refractivity contribution in [2.24, 2.45) is 5.92 Å². The lowest BCUT2D eigenvalue weighted by Crippen LogP contribution is -2.30. The van der Waals surface area contributed by atoms with Crippen LogP contribution in [0.1, 0.15) is 6.42 Å². The van der Waals surface area contributed by atoms with Gasteiger partial charge in [-0.1, -0.05) is 0 Å². The SMILES string of the molecule is CNCC1CCN(S(=O)(=O)c2ccc(OC)c([N+](=O)[O-])c2)C1. The van der Waals surface area contributed by atoms with E-state index < -0.39 is 14.9 Å². The summed E-state index contributed by atoms with van der Waals surface area (Å²) in [5.41, 5.74) is -0.352. The fraction of sp³-hybridized carbons (Fsp3) is 0.538. The van der Waals surface area contributed by atoms with Crippen LogP contribution in [-0.4, -0.2) is 51.4 Å². The van der Waals surface area contributed by atoms with Crippen LogP contribution in [0.15, 0.2) is 23.1 Å². The van der Waals surface area contributed by atoms with E-state index in [0.717, 1.165) is 19.0 Å². The Morgan fingerprint density at radius 1 is 1.50 bits per heavy atom. The minimum atomic E-state index is -3.73. The van der Waals surface area contributed by atoms with E-state index in [4.69, 9.17) is 4.74 Å². The minimum absolute atomic E-state index is 0.0402. The van der Waals surface area contributed by atoms with E-state index >= 15 is 0 Å². The number of nitro groups is 1. The molecule has 1 fully saturated rings. The van der Waals surface area contributed by atoms with Crippen LogP contribution < -0.4 is 10.1 Å². The quantitative estimate of drug-likeness (QED) is 0.613. The number of hydrogen-bond donors (Lipinski definition) is 1. The monoisotopic (exact) mass is 329 g/mol. The third-order valence-corrected chi connectivity index (χ3v) is 5.59. The summed E-state index contributed by atoms with van der Waals surface area (Å²) >= 11 is 0. The van der Waals surface area contributed by atoms with Crippen molar-refractivity contribution in [2.45, 2.75) is 11.3 Å². The van der Waals surface area contributed by atoms with Gasteiger partial charge in [-0.2, -0.15) is 4.31 Å². The number of sulfonamides is 1. The summed E-state index contributed by atoms with van der Waals surface area (Å²) in [5, 5.41) is 14.1. The maximum absolute atomic E-state index is 12.6. The molecule has 1 saturated heterocycles. The van der Waals surface area contributed by atoms with Crippen LogP contribution in [0.4, 0.5) is 5.69 Å². The van der Waals surface area contributed by atoms with Crippen molar-refractivity contribution in [3.8, 4) is 5.75 Å². The number of nitro benzene ring substituents is 1. The maximum atomic E-state index is 12.6. The number of methoxy groups -OCH3 is 1. The molecule has 1 atom stereocenters. The Hall–Kier alpha value is -1.71. The van der Waals surface area contributed by atoms with Crippen LogP contribution in [0.5, 0.6) is 5.75 Å². The average molecular weight is 329 g/mol. The highest BCUT2D eigenvalue weighted by Crippen LogP contribution is 2.32. The maximum Gasteiger partial charge on any atom is 0.312 e. The number of nitrogens with zero attached hydrogens (tertiary/aromatic N) is 2. The van der Waals surface area contributed by atoms with E-state index in [0.29, 0.717) is 13.1 Å². The summed E-state index contributed by atoms with van der Waals surface area (Å²) in [4.78, 5) is 10.3. The second-order valence-corrected chi connectivity index (χ2v) is 7.10. The molecular formula is C13H19N3O5S. The first-order chi connectivity index (χ1) is 10.4. The Balaban J connectivity index is 2.30. The number of nitrogens with one attached hydrogen (secondary N) is 1. The van der Waals surface area contributed by atoms with Gasteiger partial charge >= 0.3 is 5.69 Å². The molecule has 1 aliphatic rings. The van der Waals surface area contributed by atoms with Gasteiger partial charge in [-0.3, -0.25) is 10.1 Å². The van der Waals surface area contributed by atoms with Gasteiger partial charge in [0.1, 0.15) is 0 Å². The average Bonchev–Trinajstić information content (AvgIpc) is 2.96. The smallest absolute Gasteiger partial charge is 0.312 e. The van der Waals surface area contributed by atoms with Gasteiger partial charge in [0.2, 0.25) is 10.0 Å². The predicted octanol–water partition coefficient (Wildman–Crippen LogP) is 0.833. The van der Waals surface area contributed by atoms with Gasteiger partial charge < -0.3 is 10.1 Å². The third kappa shape index (κ3) is 3.21. The first kappa shape index (κ1) is 16.7. The summed E-state index contributed by atoms with van der Waals surface area (Å²) in [5.74, 6) is 0.298. The van der Waals surface area contributed by atoms with Gasteiger partial charge in [0, 0.05) is 19.2 Å². The Labute approximate surface area is 129 Å². The normalized spacial score (nSPS) is 19.3. The summed E-state index contributed by atoms with van der Waals surface area (Å²) in [7, 11) is -0.597. The molecule has 0 spiro atoms. The first-order valence-electron chi connectivity index (χ1n) is 6.87. The largest absolute Gasteiger partial charge is 0.490 e. The summed E-state index contributed by atoms with van der Waals surface area (Å²) in [6, 6.07) is 3.71. The molecule has 1 aromatic rings. The Morgan fingerprint density at radius 3 is 2.82 bits per heavy atom. The van der Waals surface area contributed by atoms with Gasteiger partial charge in [0.05, 0.1) is 16.9 Å². The van der Waals surface area contributed by atoms with E-state index in [1.54, 1.807) is 0 Å². The molecule has 1 unspecified atom stereocenters. The standard InChI is InChI=1S/C13H19N3O5S/c1-14-8-10-5-6-15(9-10)22(19,20)11-3-4-13(21-2)12(7-11)16(17)18/h3-4,7,10,14H,5-6,8-9H2,1-2H3. The summed E-state index contributed by atoms with van der Waals surface area (Å²) in [6.45, 7) is 1.59.